The fourth-order valence-electron chi connectivity index (χ4n) is 2.33. The predicted octanol–water partition coefficient (Wildman–Crippen LogP) is 2.26. The number of anilines is 1. The third-order valence-corrected chi connectivity index (χ3v) is 3.59. The molecule has 1 unspecified atom stereocenters. The summed E-state index contributed by atoms with van der Waals surface area (Å²) in [6.07, 6.45) is 2.06. The molecule has 0 spiro atoms. The minimum Gasteiger partial charge on any atom is -0.480 e. The molecule has 1 amide bonds. The highest BCUT2D eigenvalue weighted by Crippen LogP contribution is 2.19. The Morgan fingerprint density at radius 2 is 2.05 bits per heavy atom. The number of carbonyl (C=O) groups is 2. The largest absolute Gasteiger partial charge is 0.480 e. The van der Waals surface area contributed by atoms with Crippen molar-refractivity contribution >= 4 is 23.3 Å². The Balaban J connectivity index is 2.03. The maximum atomic E-state index is 12.1. The molecule has 118 valence electrons. The van der Waals surface area contributed by atoms with Gasteiger partial charge in [-0.2, -0.15) is 5.10 Å². The second kappa shape index (κ2) is 7.06. The summed E-state index contributed by atoms with van der Waals surface area (Å²) in [5.41, 5.74) is 2.47. The third-order valence-electron chi connectivity index (χ3n) is 3.59. The Hall–Kier alpha value is -2.37. The lowest BCUT2D eigenvalue weighted by molar-refractivity contribution is -0.139. The monoisotopic (exact) mass is 303 g/mol. The molecule has 0 saturated carbocycles. The first-order valence-corrected chi connectivity index (χ1v) is 7.46. The highest BCUT2D eigenvalue weighted by molar-refractivity contribution is 5.97. The van der Waals surface area contributed by atoms with Crippen LogP contribution in [0.15, 0.2) is 29.4 Å². The molecule has 0 bridgehead atoms. The standard InChI is InChI=1S/C16H21N3O3/c1-3-4-14(16(21)22)17-15(20)12-5-7-13(8-6-12)19-10-9-11(2)18-19/h5-8,14H,3-4,9-10H2,1-2H3,(H,17,20)(H,21,22). The van der Waals surface area contributed by atoms with Gasteiger partial charge in [0.25, 0.3) is 5.91 Å². The Morgan fingerprint density at radius 3 is 2.55 bits per heavy atom. The lowest BCUT2D eigenvalue weighted by Crippen LogP contribution is -2.40. The molecule has 2 N–H and O–H groups in total. The quantitative estimate of drug-likeness (QED) is 0.844. The van der Waals surface area contributed by atoms with Gasteiger partial charge < -0.3 is 10.4 Å². The summed E-state index contributed by atoms with van der Waals surface area (Å²) in [5, 5.41) is 17.9. The van der Waals surface area contributed by atoms with E-state index in [1.54, 1.807) is 12.1 Å². The number of carbonyl (C=O) groups excluding carboxylic acids is 1. The maximum absolute atomic E-state index is 12.1. The van der Waals surface area contributed by atoms with Crippen LogP contribution in [0.2, 0.25) is 0 Å². The summed E-state index contributed by atoms with van der Waals surface area (Å²) in [4.78, 5) is 23.2. The second-order valence-corrected chi connectivity index (χ2v) is 5.41. The Bertz CT molecular complexity index is 581. The summed E-state index contributed by atoms with van der Waals surface area (Å²) in [5.74, 6) is -1.37. The fourth-order valence-corrected chi connectivity index (χ4v) is 2.33. The van der Waals surface area contributed by atoms with Gasteiger partial charge in [-0.25, -0.2) is 4.79 Å². The number of nitrogens with zero attached hydrogens (tertiary/aromatic N) is 2. The van der Waals surface area contributed by atoms with Crippen LogP contribution in [-0.2, 0) is 4.79 Å². The summed E-state index contributed by atoms with van der Waals surface area (Å²) in [6, 6.07) is 6.19. The molecule has 22 heavy (non-hydrogen) atoms. The molecular weight excluding hydrogens is 282 g/mol. The number of amides is 1. The summed E-state index contributed by atoms with van der Waals surface area (Å²) >= 11 is 0. The molecule has 2 rings (SSSR count). The molecule has 1 aromatic rings. The lowest BCUT2D eigenvalue weighted by Gasteiger charge is -2.15. The summed E-state index contributed by atoms with van der Waals surface area (Å²) < 4.78 is 0. The predicted molar refractivity (Wildman–Crippen MR) is 85.3 cm³/mol. The van der Waals surface area contributed by atoms with Gasteiger partial charge >= 0.3 is 5.97 Å². The van der Waals surface area contributed by atoms with Crippen LogP contribution in [0.4, 0.5) is 5.69 Å². The van der Waals surface area contributed by atoms with Crippen molar-refractivity contribution in [1.29, 1.82) is 0 Å². The Labute approximate surface area is 129 Å². The minimum atomic E-state index is -1.01. The zero-order chi connectivity index (χ0) is 16.1. The van der Waals surface area contributed by atoms with E-state index in [1.807, 2.05) is 31.0 Å². The normalized spacial score (nSPS) is 15.4. The van der Waals surface area contributed by atoms with E-state index in [9.17, 15) is 9.59 Å². The first-order valence-electron chi connectivity index (χ1n) is 7.46. The topological polar surface area (TPSA) is 82.0 Å². The van der Waals surface area contributed by atoms with Gasteiger partial charge in [-0.05, 0) is 37.6 Å². The molecule has 1 aromatic carbocycles. The van der Waals surface area contributed by atoms with Crippen molar-refractivity contribution in [3.8, 4) is 0 Å². The number of rotatable bonds is 6. The molecular formula is C16H21N3O3. The van der Waals surface area contributed by atoms with E-state index >= 15 is 0 Å². The smallest absolute Gasteiger partial charge is 0.326 e. The van der Waals surface area contributed by atoms with Gasteiger partial charge in [0.1, 0.15) is 6.04 Å². The number of carboxylic acid groups (broad SMARTS) is 1. The van der Waals surface area contributed by atoms with Crippen LogP contribution in [-0.4, -0.2) is 35.3 Å². The van der Waals surface area contributed by atoms with E-state index in [-0.39, 0.29) is 5.91 Å². The van der Waals surface area contributed by atoms with Crippen molar-refractivity contribution < 1.29 is 14.7 Å². The number of hydrogen-bond acceptors (Lipinski definition) is 4. The Morgan fingerprint density at radius 1 is 1.36 bits per heavy atom. The van der Waals surface area contributed by atoms with Gasteiger partial charge in [0.05, 0.1) is 5.69 Å². The average Bonchev–Trinajstić information content (AvgIpc) is 2.93. The molecule has 6 nitrogen and oxygen atoms in total. The van der Waals surface area contributed by atoms with Gasteiger partial charge in [-0.3, -0.25) is 9.80 Å². The SMILES string of the molecule is CCCC(NC(=O)c1ccc(N2CCC(C)=N2)cc1)C(=O)O. The number of nitrogens with one attached hydrogen (secondary N) is 1. The van der Waals surface area contributed by atoms with Gasteiger partial charge in [-0.1, -0.05) is 13.3 Å². The molecule has 1 atom stereocenters. The first-order chi connectivity index (χ1) is 10.5. The van der Waals surface area contributed by atoms with Crippen LogP contribution >= 0.6 is 0 Å². The van der Waals surface area contributed by atoms with Gasteiger partial charge in [0, 0.05) is 24.2 Å². The highest BCUT2D eigenvalue weighted by atomic mass is 16.4. The van der Waals surface area contributed by atoms with Crippen LogP contribution in [0.1, 0.15) is 43.5 Å². The van der Waals surface area contributed by atoms with Crippen molar-refractivity contribution in [3.63, 3.8) is 0 Å². The van der Waals surface area contributed by atoms with Crippen LogP contribution in [0.5, 0.6) is 0 Å². The molecule has 1 aliphatic rings. The molecule has 0 fully saturated rings. The molecule has 6 heteroatoms. The second-order valence-electron chi connectivity index (χ2n) is 5.41. The molecule has 0 radical (unpaired) electrons. The number of hydrazone groups is 1. The summed E-state index contributed by atoms with van der Waals surface area (Å²) in [7, 11) is 0. The molecule has 0 saturated heterocycles. The first kappa shape index (κ1) is 16.0. The van der Waals surface area contributed by atoms with Crippen LogP contribution in [0.25, 0.3) is 0 Å². The van der Waals surface area contributed by atoms with E-state index in [0.717, 1.165) is 24.4 Å². The zero-order valence-electron chi connectivity index (χ0n) is 12.9. The van der Waals surface area contributed by atoms with E-state index in [4.69, 9.17) is 5.11 Å². The number of hydrogen-bond donors (Lipinski definition) is 2. The van der Waals surface area contributed by atoms with Crippen molar-refractivity contribution in [1.82, 2.24) is 5.32 Å². The van der Waals surface area contributed by atoms with E-state index in [2.05, 4.69) is 10.4 Å². The minimum absolute atomic E-state index is 0.367. The molecule has 0 aliphatic carbocycles. The van der Waals surface area contributed by atoms with Crippen LogP contribution < -0.4 is 10.3 Å². The van der Waals surface area contributed by atoms with Crippen LogP contribution in [0, 0.1) is 0 Å². The Kier molecular flexibility index (Phi) is 5.14. The maximum Gasteiger partial charge on any atom is 0.326 e. The van der Waals surface area contributed by atoms with Gasteiger partial charge in [-0.15, -0.1) is 0 Å². The summed E-state index contributed by atoms with van der Waals surface area (Å²) in [6.45, 7) is 4.71. The van der Waals surface area contributed by atoms with E-state index in [1.165, 1.54) is 0 Å². The van der Waals surface area contributed by atoms with Crippen molar-refractivity contribution in [2.45, 2.75) is 39.2 Å². The average molecular weight is 303 g/mol. The zero-order valence-corrected chi connectivity index (χ0v) is 12.9. The van der Waals surface area contributed by atoms with Crippen molar-refractivity contribution in [2.75, 3.05) is 11.6 Å². The fraction of sp³-hybridized carbons (Fsp3) is 0.438. The third kappa shape index (κ3) is 3.84. The van der Waals surface area contributed by atoms with Gasteiger partial charge in [0.2, 0.25) is 0 Å². The van der Waals surface area contributed by atoms with Crippen molar-refractivity contribution in [3.05, 3.63) is 29.8 Å². The van der Waals surface area contributed by atoms with Crippen molar-refractivity contribution in [2.24, 2.45) is 5.10 Å². The molecule has 1 heterocycles. The highest BCUT2D eigenvalue weighted by Gasteiger charge is 2.20. The molecule has 0 aromatic heterocycles. The van der Waals surface area contributed by atoms with Crippen LogP contribution in [0.3, 0.4) is 0 Å². The van der Waals surface area contributed by atoms with E-state index < -0.39 is 12.0 Å². The number of carboxylic acids is 1. The van der Waals surface area contributed by atoms with E-state index in [0.29, 0.717) is 18.4 Å². The lowest BCUT2D eigenvalue weighted by atomic mass is 10.1. The number of benzene rings is 1. The number of aliphatic carboxylic acids is 1. The van der Waals surface area contributed by atoms with Gasteiger partial charge in [0.15, 0.2) is 0 Å². The molecule has 1 aliphatic heterocycles.